The number of imidazole rings is 1. The lowest BCUT2D eigenvalue weighted by Crippen LogP contribution is -2.51. The molecule has 14 nitrogen and oxygen atoms in total. The second kappa shape index (κ2) is 14.5. The van der Waals surface area contributed by atoms with Crippen LogP contribution in [0.3, 0.4) is 0 Å². The number of aromatic nitrogens is 4. The molecule has 5 rings (SSSR count). The molecule has 1 saturated heterocycles. The number of methoxy groups -OCH3 is 2. The molecule has 3 N–H and O–H groups in total. The van der Waals surface area contributed by atoms with E-state index in [-0.39, 0.29) is 6.42 Å². The molecule has 2 aromatic carbocycles. The first-order valence-electron chi connectivity index (χ1n) is 14.8. The molecule has 1 aliphatic rings. The van der Waals surface area contributed by atoms with Crippen LogP contribution in [0, 0.1) is 0 Å². The number of hydrogen-bond donors (Lipinski definition) is 3. The molecule has 2 aromatic heterocycles. The number of benzene rings is 2. The van der Waals surface area contributed by atoms with Gasteiger partial charge in [0, 0.05) is 26.7 Å². The van der Waals surface area contributed by atoms with E-state index in [0.29, 0.717) is 46.4 Å². The maximum atomic E-state index is 13.9. The Morgan fingerprint density at radius 3 is 2.59 bits per heavy atom. The second-order valence-corrected chi connectivity index (χ2v) is 10.9. The van der Waals surface area contributed by atoms with Gasteiger partial charge < -0.3 is 39.4 Å². The Hall–Kier alpha value is -4.79. The fraction of sp³-hybridized carbons (Fsp3) is 0.406. The average molecular weight is 634 g/mol. The summed E-state index contributed by atoms with van der Waals surface area (Å²) >= 11 is 0. The van der Waals surface area contributed by atoms with Crippen LogP contribution in [0.4, 0.5) is 5.82 Å². The van der Waals surface area contributed by atoms with Crippen molar-refractivity contribution in [2.24, 2.45) is 4.99 Å². The zero-order chi connectivity index (χ0) is 32.8. The summed E-state index contributed by atoms with van der Waals surface area (Å²) in [6.07, 6.45) is 1.64. The summed E-state index contributed by atoms with van der Waals surface area (Å²) in [6, 6.07) is 10.9. The van der Waals surface area contributed by atoms with Gasteiger partial charge in [-0.2, -0.15) is 0 Å². The second-order valence-electron chi connectivity index (χ2n) is 10.9. The highest BCUT2D eigenvalue weighted by Crippen LogP contribution is 2.33. The first kappa shape index (κ1) is 32.6. The van der Waals surface area contributed by atoms with Gasteiger partial charge in [-0.15, -0.1) is 0 Å². The molecule has 1 fully saturated rings. The van der Waals surface area contributed by atoms with Crippen LogP contribution in [-0.2, 0) is 16.0 Å². The topological polar surface area (TPSA) is 166 Å². The molecule has 244 valence electrons. The van der Waals surface area contributed by atoms with E-state index in [4.69, 9.17) is 18.9 Å². The van der Waals surface area contributed by atoms with Gasteiger partial charge in [-0.25, -0.2) is 15.0 Å². The van der Waals surface area contributed by atoms with E-state index >= 15 is 0 Å². The normalized spacial score (nSPS) is 20.2. The van der Waals surface area contributed by atoms with E-state index in [1.165, 1.54) is 12.7 Å². The summed E-state index contributed by atoms with van der Waals surface area (Å²) < 4.78 is 24.0. The van der Waals surface area contributed by atoms with Crippen LogP contribution < -0.4 is 24.4 Å². The van der Waals surface area contributed by atoms with Crippen molar-refractivity contribution in [3.63, 3.8) is 0 Å². The van der Waals surface area contributed by atoms with Gasteiger partial charge in [-0.3, -0.25) is 14.4 Å². The Labute approximate surface area is 266 Å². The molecule has 0 aliphatic carbocycles. The number of nitrogens with zero attached hydrogens (tertiary/aromatic N) is 6. The lowest BCUT2D eigenvalue weighted by molar-refractivity contribution is -0.124. The van der Waals surface area contributed by atoms with Crippen LogP contribution in [0.15, 0.2) is 60.1 Å². The van der Waals surface area contributed by atoms with Gasteiger partial charge in [-0.05, 0) is 48.4 Å². The summed E-state index contributed by atoms with van der Waals surface area (Å²) in [7, 11) is 6.82. The molecule has 46 heavy (non-hydrogen) atoms. The standard InChI is InChI=1S/C32H39N7O7/c1-6-45-23-12-9-20(14-24(23)44-5)15-33-22(13-19-7-10-21(43-4)11-8-19)31(42)37-26-25(16-40)46-32(28(26)41)39-18-36-27-29(38(2)3)34-17-35-30(27)39/h7-12,14-15,17-18,22,25-26,28,32,40-41H,6,13,16H2,1-5H3,(H,37,42). The van der Waals surface area contributed by atoms with E-state index in [1.54, 1.807) is 42.0 Å². The maximum absolute atomic E-state index is 13.9. The molecule has 1 aliphatic heterocycles. The van der Waals surface area contributed by atoms with Crippen LogP contribution in [0.2, 0.25) is 0 Å². The molecule has 3 heterocycles. The number of anilines is 1. The van der Waals surface area contributed by atoms with Gasteiger partial charge in [0.25, 0.3) is 0 Å². The number of aliphatic imine (C=N–C) groups is 1. The third-order valence-corrected chi connectivity index (χ3v) is 7.68. The lowest BCUT2D eigenvalue weighted by atomic mass is 10.0. The minimum absolute atomic E-state index is 0.258. The molecule has 1 amide bonds. The molecule has 0 radical (unpaired) electrons. The lowest BCUT2D eigenvalue weighted by Gasteiger charge is -2.23. The first-order valence-corrected chi connectivity index (χ1v) is 14.8. The number of ether oxygens (including phenoxy) is 4. The number of nitrogens with one attached hydrogen (secondary N) is 1. The zero-order valence-corrected chi connectivity index (χ0v) is 26.4. The van der Waals surface area contributed by atoms with E-state index in [2.05, 4.69) is 25.3 Å². The molecule has 0 spiro atoms. The number of aliphatic hydroxyl groups is 2. The average Bonchev–Trinajstić information content (AvgIpc) is 3.63. The molecule has 0 saturated carbocycles. The Kier molecular flexibility index (Phi) is 10.3. The van der Waals surface area contributed by atoms with Gasteiger partial charge in [0.1, 0.15) is 30.3 Å². The van der Waals surface area contributed by atoms with Gasteiger partial charge in [-0.1, -0.05) is 12.1 Å². The number of amides is 1. The third-order valence-electron chi connectivity index (χ3n) is 7.68. The molecule has 14 heteroatoms. The summed E-state index contributed by atoms with van der Waals surface area (Å²) in [6.45, 7) is 1.93. The highest BCUT2D eigenvalue weighted by atomic mass is 16.5. The number of rotatable bonds is 13. The Morgan fingerprint density at radius 2 is 1.91 bits per heavy atom. The van der Waals surface area contributed by atoms with E-state index in [9.17, 15) is 15.0 Å². The van der Waals surface area contributed by atoms with Crippen molar-refractivity contribution in [2.45, 2.75) is 43.9 Å². The molecule has 4 aromatic rings. The molecule has 5 unspecified atom stereocenters. The van der Waals surface area contributed by atoms with Crippen molar-refractivity contribution < 1.29 is 34.0 Å². The van der Waals surface area contributed by atoms with Gasteiger partial charge >= 0.3 is 0 Å². The van der Waals surface area contributed by atoms with E-state index in [1.807, 2.05) is 51.4 Å². The highest BCUT2D eigenvalue weighted by molar-refractivity contribution is 5.88. The summed E-state index contributed by atoms with van der Waals surface area (Å²) in [4.78, 5) is 33.4. The van der Waals surface area contributed by atoms with Gasteiger partial charge in [0.05, 0.1) is 39.8 Å². The van der Waals surface area contributed by atoms with Crippen molar-refractivity contribution in [3.8, 4) is 17.2 Å². The van der Waals surface area contributed by atoms with Crippen LogP contribution in [0.25, 0.3) is 11.2 Å². The SMILES string of the molecule is CCOc1ccc(C=NC(Cc2ccc(OC)cc2)C(=O)NC2C(CO)OC(n3cnc4c(N(C)C)ncnc43)C2O)cc1OC. The van der Waals surface area contributed by atoms with Crippen LogP contribution in [0.5, 0.6) is 17.2 Å². The summed E-state index contributed by atoms with van der Waals surface area (Å²) in [5.41, 5.74) is 2.52. The minimum atomic E-state index is -1.24. The summed E-state index contributed by atoms with van der Waals surface area (Å²) in [5, 5.41) is 24.5. The largest absolute Gasteiger partial charge is 0.497 e. The number of carbonyl (C=O) groups excluding carboxylic acids is 1. The molecule has 0 bridgehead atoms. The van der Waals surface area contributed by atoms with Crippen molar-refractivity contribution in [2.75, 3.05) is 46.4 Å². The Bertz CT molecular complexity index is 1660. The fourth-order valence-corrected chi connectivity index (χ4v) is 5.33. The smallest absolute Gasteiger partial charge is 0.245 e. The zero-order valence-electron chi connectivity index (χ0n) is 26.4. The number of fused-ring (bicyclic) bond motifs is 1. The number of aliphatic hydroxyl groups excluding tert-OH is 2. The predicted molar refractivity (Wildman–Crippen MR) is 171 cm³/mol. The van der Waals surface area contributed by atoms with Crippen LogP contribution >= 0.6 is 0 Å². The molecule has 5 atom stereocenters. The Morgan fingerprint density at radius 1 is 1.13 bits per heavy atom. The third kappa shape index (κ3) is 6.88. The fourth-order valence-electron chi connectivity index (χ4n) is 5.33. The van der Waals surface area contributed by atoms with E-state index < -0.39 is 43.0 Å². The first-order chi connectivity index (χ1) is 22.3. The highest BCUT2D eigenvalue weighted by Gasteiger charge is 2.46. The van der Waals surface area contributed by atoms with Crippen molar-refractivity contribution >= 4 is 29.1 Å². The van der Waals surface area contributed by atoms with Crippen molar-refractivity contribution in [3.05, 3.63) is 66.2 Å². The quantitative estimate of drug-likeness (QED) is 0.184. The van der Waals surface area contributed by atoms with E-state index in [0.717, 1.165) is 5.56 Å². The number of hydrogen-bond acceptors (Lipinski definition) is 12. The summed E-state index contributed by atoms with van der Waals surface area (Å²) in [5.74, 6) is 1.98. The van der Waals surface area contributed by atoms with Crippen LogP contribution in [0.1, 0.15) is 24.3 Å². The monoisotopic (exact) mass is 633 g/mol. The van der Waals surface area contributed by atoms with Gasteiger partial charge in [0.15, 0.2) is 34.7 Å². The molecular weight excluding hydrogens is 594 g/mol. The maximum Gasteiger partial charge on any atom is 0.245 e. The van der Waals surface area contributed by atoms with Crippen molar-refractivity contribution in [1.29, 1.82) is 0 Å². The predicted octanol–water partition coefficient (Wildman–Crippen LogP) is 1.77. The number of carbonyl (C=O) groups is 1. The van der Waals surface area contributed by atoms with Crippen LogP contribution in [-0.4, -0.2) is 108 Å². The molecular formula is C32H39N7O7. The Balaban J connectivity index is 1.40. The van der Waals surface area contributed by atoms with Crippen molar-refractivity contribution in [1.82, 2.24) is 24.8 Å². The van der Waals surface area contributed by atoms with Gasteiger partial charge in [0.2, 0.25) is 5.91 Å². The minimum Gasteiger partial charge on any atom is -0.497 e.